The molecule has 0 unspecified atom stereocenters. The largest absolute Gasteiger partial charge is 0.484 e. The number of carbonyl (C=O) groups excluding carboxylic acids is 1. The van der Waals surface area contributed by atoms with Gasteiger partial charge >= 0.3 is 12.3 Å². The number of rotatable bonds is 5. The van der Waals surface area contributed by atoms with Gasteiger partial charge in [-0.2, -0.15) is 13.2 Å². The first-order valence-electron chi connectivity index (χ1n) is 8.42. The van der Waals surface area contributed by atoms with E-state index in [1.165, 1.54) is 6.07 Å². The van der Waals surface area contributed by atoms with Crippen LogP contribution in [-0.2, 0) is 11.3 Å². The molecule has 1 aromatic rings. The number of hydrogen-bond donors (Lipinski definition) is 0. The lowest BCUT2D eigenvalue weighted by molar-refractivity contribution is -0.153. The maximum absolute atomic E-state index is 12.6. The highest BCUT2D eigenvalue weighted by molar-refractivity contribution is 9.10. The Morgan fingerprint density at radius 1 is 1.27 bits per heavy atom. The van der Waals surface area contributed by atoms with E-state index in [1.54, 1.807) is 37.8 Å². The zero-order valence-corrected chi connectivity index (χ0v) is 16.6. The molecule has 1 saturated carbocycles. The average Bonchev–Trinajstić information content (AvgIpc) is 2.41. The summed E-state index contributed by atoms with van der Waals surface area (Å²) in [6, 6.07) is 4.77. The molecule has 0 spiro atoms. The van der Waals surface area contributed by atoms with E-state index in [4.69, 9.17) is 9.47 Å². The third kappa shape index (κ3) is 6.37. The second kappa shape index (κ2) is 8.06. The van der Waals surface area contributed by atoms with Gasteiger partial charge in [-0.3, -0.25) is 0 Å². The number of carbonyl (C=O) groups is 1. The van der Waals surface area contributed by atoms with Crippen molar-refractivity contribution < 1.29 is 27.4 Å². The summed E-state index contributed by atoms with van der Waals surface area (Å²) in [6.07, 6.45) is -2.18. The summed E-state index contributed by atoms with van der Waals surface area (Å²) in [6.45, 7) is 4.09. The number of hydrogen-bond acceptors (Lipinski definition) is 3. The molecule has 0 bridgehead atoms. The Labute approximate surface area is 159 Å². The molecule has 1 aromatic carbocycles. The van der Waals surface area contributed by atoms with E-state index < -0.39 is 24.5 Å². The monoisotopic (exact) mass is 437 g/mol. The van der Waals surface area contributed by atoms with E-state index >= 15 is 0 Å². The summed E-state index contributed by atoms with van der Waals surface area (Å²) >= 11 is 3.32. The van der Waals surface area contributed by atoms with E-state index in [0.29, 0.717) is 10.0 Å². The van der Waals surface area contributed by atoms with Crippen LogP contribution in [0, 0.1) is 0 Å². The van der Waals surface area contributed by atoms with Crippen molar-refractivity contribution in [1.29, 1.82) is 0 Å². The Kier molecular flexibility index (Phi) is 6.47. The first-order valence-corrected chi connectivity index (χ1v) is 9.21. The van der Waals surface area contributed by atoms with Crippen LogP contribution < -0.4 is 4.74 Å². The molecule has 0 heterocycles. The molecule has 0 atom stereocenters. The Morgan fingerprint density at radius 3 is 2.42 bits per heavy atom. The Balaban J connectivity index is 2.21. The SMILES string of the molecule is CC(C)(C)OC(=O)N(Cc1cc(Br)ccc1OCC(F)(F)F)C1CCC1. The van der Waals surface area contributed by atoms with Gasteiger partial charge in [0.25, 0.3) is 0 Å². The third-order valence-corrected chi connectivity index (χ3v) is 4.39. The molecular weight excluding hydrogens is 415 g/mol. The lowest BCUT2D eigenvalue weighted by Gasteiger charge is -2.38. The van der Waals surface area contributed by atoms with E-state index in [1.807, 2.05) is 0 Å². The molecule has 0 radical (unpaired) electrons. The van der Waals surface area contributed by atoms with Gasteiger partial charge in [-0.25, -0.2) is 4.79 Å². The van der Waals surface area contributed by atoms with Gasteiger partial charge in [0.1, 0.15) is 11.4 Å². The van der Waals surface area contributed by atoms with Crippen LogP contribution in [0.15, 0.2) is 22.7 Å². The Hall–Kier alpha value is -1.44. The second-order valence-electron chi connectivity index (χ2n) is 7.35. The second-order valence-corrected chi connectivity index (χ2v) is 8.26. The molecule has 0 aliphatic heterocycles. The average molecular weight is 438 g/mol. The van der Waals surface area contributed by atoms with Crippen LogP contribution in [0.25, 0.3) is 0 Å². The molecule has 0 aromatic heterocycles. The third-order valence-electron chi connectivity index (χ3n) is 3.90. The molecule has 2 rings (SSSR count). The molecule has 1 aliphatic carbocycles. The topological polar surface area (TPSA) is 38.8 Å². The molecule has 0 N–H and O–H groups in total. The van der Waals surface area contributed by atoms with E-state index in [0.717, 1.165) is 19.3 Å². The van der Waals surface area contributed by atoms with Crippen LogP contribution in [0.2, 0.25) is 0 Å². The molecule has 4 nitrogen and oxygen atoms in total. The highest BCUT2D eigenvalue weighted by Gasteiger charge is 2.33. The Bertz CT molecular complexity index is 640. The van der Waals surface area contributed by atoms with Crippen LogP contribution in [0.4, 0.5) is 18.0 Å². The number of halogens is 4. The normalized spacial score (nSPS) is 15.3. The zero-order chi connectivity index (χ0) is 19.5. The van der Waals surface area contributed by atoms with Crippen LogP contribution in [0.1, 0.15) is 45.6 Å². The summed E-state index contributed by atoms with van der Waals surface area (Å²) in [5.74, 6) is 0.110. The summed E-state index contributed by atoms with van der Waals surface area (Å²) in [5.41, 5.74) is -0.146. The molecule has 1 fully saturated rings. The lowest BCUT2D eigenvalue weighted by Crippen LogP contribution is -2.46. The van der Waals surface area contributed by atoms with Gasteiger partial charge in [-0.15, -0.1) is 0 Å². The number of ether oxygens (including phenoxy) is 2. The van der Waals surface area contributed by atoms with E-state index in [2.05, 4.69) is 15.9 Å². The molecule has 1 aliphatic rings. The standard InChI is InChI=1S/C18H23BrF3NO3/c1-17(2,3)26-16(24)23(14-5-4-6-14)10-12-9-13(19)7-8-15(12)25-11-18(20,21)22/h7-9,14H,4-6,10-11H2,1-3H3. The molecule has 146 valence electrons. The van der Waals surface area contributed by atoms with Crippen molar-refractivity contribution in [2.24, 2.45) is 0 Å². The van der Waals surface area contributed by atoms with Crippen LogP contribution in [0.3, 0.4) is 0 Å². The van der Waals surface area contributed by atoms with Crippen molar-refractivity contribution in [1.82, 2.24) is 4.90 Å². The smallest absolute Gasteiger partial charge is 0.422 e. The summed E-state index contributed by atoms with van der Waals surface area (Å²) in [4.78, 5) is 14.2. The minimum absolute atomic E-state index is 0.0271. The van der Waals surface area contributed by atoms with Crippen LogP contribution in [0.5, 0.6) is 5.75 Å². The van der Waals surface area contributed by atoms with Gasteiger partial charge in [0, 0.05) is 16.1 Å². The quantitative estimate of drug-likeness (QED) is 0.594. The summed E-state index contributed by atoms with van der Waals surface area (Å²) in [5, 5.41) is 0. The fourth-order valence-corrected chi connectivity index (χ4v) is 2.93. The van der Waals surface area contributed by atoms with Crippen molar-refractivity contribution in [3.05, 3.63) is 28.2 Å². The van der Waals surface area contributed by atoms with Gasteiger partial charge in [0.05, 0.1) is 6.54 Å². The first kappa shape index (κ1) is 20.9. The molecular formula is C18H23BrF3NO3. The predicted molar refractivity (Wildman–Crippen MR) is 95.1 cm³/mol. The fourth-order valence-electron chi connectivity index (χ4n) is 2.52. The lowest BCUT2D eigenvalue weighted by atomic mass is 9.91. The zero-order valence-electron chi connectivity index (χ0n) is 15.0. The van der Waals surface area contributed by atoms with E-state index in [9.17, 15) is 18.0 Å². The molecule has 1 amide bonds. The van der Waals surface area contributed by atoms with E-state index in [-0.39, 0.29) is 18.3 Å². The minimum atomic E-state index is -4.43. The molecule has 8 heteroatoms. The van der Waals surface area contributed by atoms with Crippen molar-refractivity contribution in [2.75, 3.05) is 6.61 Å². The van der Waals surface area contributed by atoms with Gasteiger partial charge in [-0.1, -0.05) is 15.9 Å². The van der Waals surface area contributed by atoms with Gasteiger partial charge < -0.3 is 14.4 Å². The number of benzene rings is 1. The first-order chi connectivity index (χ1) is 11.9. The number of amides is 1. The van der Waals surface area contributed by atoms with Gasteiger partial charge in [0.2, 0.25) is 0 Å². The maximum atomic E-state index is 12.6. The summed E-state index contributed by atoms with van der Waals surface area (Å²) < 4.78 is 48.6. The molecule has 0 saturated heterocycles. The molecule has 26 heavy (non-hydrogen) atoms. The van der Waals surface area contributed by atoms with Crippen molar-refractivity contribution >= 4 is 22.0 Å². The van der Waals surface area contributed by atoms with Gasteiger partial charge in [0.15, 0.2) is 6.61 Å². The number of alkyl halides is 3. The van der Waals surface area contributed by atoms with Gasteiger partial charge in [-0.05, 0) is 58.2 Å². The summed E-state index contributed by atoms with van der Waals surface area (Å²) in [7, 11) is 0. The van der Waals surface area contributed by atoms with Crippen molar-refractivity contribution in [2.45, 2.75) is 64.4 Å². The Morgan fingerprint density at radius 2 is 1.92 bits per heavy atom. The highest BCUT2D eigenvalue weighted by Crippen LogP contribution is 2.32. The number of nitrogens with zero attached hydrogens (tertiary/aromatic N) is 1. The van der Waals surface area contributed by atoms with Crippen molar-refractivity contribution in [3.63, 3.8) is 0 Å². The van der Waals surface area contributed by atoms with Crippen molar-refractivity contribution in [3.8, 4) is 5.75 Å². The van der Waals surface area contributed by atoms with Crippen LogP contribution >= 0.6 is 15.9 Å². The maximum Gasteiger partial charge on any atom is 0.422 e. The fraction of sp³-hybridized carbons (Fsp3) is 0.611. The predicted octanol–water partition coefficient (Wildman–Crippen LogP) is 5.68. The minimum Gasteiger partial charge on any atom is -0.484 e. The highest BCUT2D eigenvalue weighted by atomic mass is 79.9. The van der Waals surface area contributed by atoms with Crippen LogP contribution in [-0.4, -0.2) is 35.4 Å².